The molecule has 0 amide bonds. The Labute approximate surface area is 66.8 Å². The summed E-state index contributed by atoms with van der Waals surface area (Å²) < 4.78 is 0. The van der Waals surface area contributed by atoms with Crippen molar-refractivity contribution < 1.29 is 0 Å². The van der Waals surface area contributed by atoms with Crippen LogP contribution in [0.1, 0.15) is 11.1 Å². The second-order valence-corrected chi connectivity index (χ2v) is 2.90. The van der Waals surface area contributed by atoms with E-state index in [1.807, 2.05) is 18.5 Å². The summed E-state index contributed by atoms with van der Waals surface area (Å²) in [7, 11) is 0. The van der Waals surface area contributed by atoms with E-state index < -0.39 is 0 Å². The largest absolute Gasteiger partial charge is 0.264 e. The van der Waals surface area contributed by atoms with Gasteiger partial charge < -0.3 is 0 Å². The Morgan fingerprint density at radius 3 is 3.36 bits per heavy atom. The lowest BCUT2D eigenvalue weighted by Crippen LogP contribution is -2.03. The molecule has 0 bridgehead atoms. The Morgan fingerprint density at radius 1 is 1.55 bits per heavy atom. The predicted molar refractivity (Wildman–Crippen MR) is 45.8 cm³/mol. The molecule has 1 aromatic rings. The van der Waals surface area contributed by atoms with Crippen LogP contribution >= 0.6 is 0 Å². The van der Waals surface area contributed by atoms with Crippen molar-refractivity contribution in [2.45, 2.75) is 6.42 Å². The highest BCUT2D eigenvalue weighted by Gasteiger charge is 2.08. The van der Waals surface area contributed by atoms with Crippen molar-refractivity contribution >= 4 is 6.08 Å². The molecule has 1 heteroatoms. The molecule has 0 saturated heterocycles. The van der Waals surface area contributed by atoms with E-state index in [0.29, 0.717) is 5.92 Å². The van der Waals surface area contributed by atoms with Gasteiger partial charge in [0.15, 0.2) is 0 Å². The summed E-state index contributed by atoms with van der Waals surface area (Å²) in [4.78, 5) is 4.07. The Balaban J connectivity index is 2.46. The van der Waals surface area contributed by atoms with E-state index in [9.17, 15) is 0 Å². The van der Waals surface area contributed by atoms with Gasteiger partial charge in [0.25, 0.3) is 0 Å². The van der Waals surface area contributed by atoms with E-state index in [2.05, 4.69) is 24.1 Å². The summed E-state index contributed by atoms with van der Waals surface area (Å²) in [5.41, 5.74) is 2.61. The van der Waals surface area contributed by atoms with Crippen LogP contribution in [-0.2, 0) is 6.42 Å². The smallest absolute Gasteiger partial charge is 0.0306 e. The number of rotatable bonds is 0. The highest BCUT2D eigenvalue weighted by Crippen LogP contribution is 2.20. The topological polar surface area (TPSA) is 12.9 Å². The Bertz CT molecular complexity index is 289. The first kappa shape index (κ1) is 6.59. The van der Waals surface area contributed by atoms with Crippen LogP contribution in [0.5, 0.6) is 0 Å². The molecule has 0 aliphatic heterocycles. The molecule has 1 radical (unpaired) electrons. The first-order chi connectivity index (χ1) is 5.36. The average Bonchev–Trinajstić information content (AvgIpc) is 2.04. The molecule has 1 aliphatic rings. The molecule has 0 saturated carbocycles. The average molecular weight is 144 g/mol. The van der Waals surface area contributed by atoms with Crippen LogP contribution < -0.4 is 0 Å². The SMILES string of the molecule is [CH2]C1C=Cc2ccncc2C1. The molecule has 0 fully saturated rings. The highest BCUT2D eigenvalue weighted by atomic mass is 14.6. The standard InChI is InChI=1S/C10H10N/c1-8-2-3-9-4-5-11-7-10(9)6-8/h2-5,7-8H,1,6H2. The Kier molecular flexibility index (Phi) is 1.50. The van der Waals surface area contributed by atoms with Crippen LogP contribution in [0.3, 0.4) is 0 Å². The Morgan fingerprint density at radius 2 is 2.45 bits per heavy atom. The number of hydrogen-bond donors (Lipinski definition) is 0. The lowest BCUT2D eigenvalue weighted by atomic mass is 9.92. The monoisotopic (exact) mass is 144 g/mol. The molecule has 11 heavy (non-hydrogen) atoms. The molecular formula is C10H10N. The van der Waals surface area contributed by atoms with Crippen LogP contribution in [0.15, 0.2) is 24.5 Å². The van der Waals surface area contributed by atoms with Crippen molar-refractivity contribution in [3.63, 3.8) is 0 Å². The van der Waals surface area contributed by atoms with Crippen molar-refractivity contribution in [1.82, 2.24) is 4.98 Å². The van der Waals surface area contributed by atoms with Gasteiger partial charge in [0.05, 0.1) is 0 Å². The van der Waals surface area contributed by atoms with E-state index in [1.54, 1.807) is 0 Å². The molecular weight excluding hydrogens is 134 g/mol. The van der Waals surface area contributed by atoms with Crippen LogP contribution in [-0.4, -0.2) is 4.98 Å². The lowest BCUT2D eigenvalue weighted by molar-refractivity contribution is 0.788. The molecule has 1 unspecified atom stereocenters. The maximum atomic E-state index is 4.07. The maximum Gasteiger partial charge on any atom is 0.0306 e. The van der Waals surface area contributed by atoms with Crippen molar-refractivity contribution in [2.75, 3.05) is 0 Å². The minimum absolute atomic E-state index is 0.423. The van der Waals surface area contributed by atoms with Gasteiger partial charge in [-0.2, -0.15) is 0 Å². The fourth-order valence-electron chi connectivity index (χ4n) is 1.36. The molecule has 1 aliphatic carbocycles. The summed E-state index contributed by atoms with van der Waals surface area (Å²) in [6.07, 6.45) is 9.05. The normalized spacial score (nSPS) is 21.4. The third-order valence-corrected chi connectivity index (χ3v) is 1.97. The molecule has 55 valence electrons. The number of pyridine rings is 1. The van der Waals surface area contributed by atoms with Crippen LogP contribution in [0.2, 0.25) is 0 Å². The summed E-state index contributed by atoms with van der Waals surface area (Å²) in [5, 5.41) is 0. The van der Waals surface area contributed by atoms with E-state index in [1.165, 1.54) is 11.1 Å². The zero-order valence-corrected chi connectivity index (χ0v) is 6.33. The molecule has 0 N–H and O–H groups in total. The van der Waals surface area contributed by atoms with Gasteiger partial charge in [0.1, 0.15) is 0 Å². The molecule has 2 rings (SSSR count). The zero-order valence-electron chi connectivity index (χ0n) is 6.33. The number of allylic oxidation sites excluding steroid dienone is 1. The van der Waals surface area contributed by atoms with E-state index in [4.69, 9.17) is 0 Å². The number of aromatic nitrogens is 1. The minimum Gasteiger partial charge on any atom is -0.264 e. The third-order valence-electron chi connectivity index (χ3n) is 1.97. The lowest BCUT2D eigenvalue weighted by Gasteiger charge is -2.13. The van der Waals surface area contributed by atoms with Crippen molar-refractivity contribution in [3.8, 4) is 0 Å². The molecule has 1 heterocycles. The van der Waals surface area contributed by atoms with Crippen molar-refractivity contribution in [3.05, 3.63) is 42.6 Å². The minimum atomic E-state index is 0.423. The van der Waals surface area contributed by atoms with Crippen LogP contribution in [0.4, 0.5) is 0 Å². The van der Waals surface area contributed by atoms with Gasteiger partial charge in [-0.05, 0) is 36.5 Å². The van der Waals surface area contributed by atoms with Gasteiger partial charge in [-0.25, -0.2) is 0 Å². The van der Waals surface area contributed by atoms with Gasteiger partial charge in [-0.1, -0.05) is 12.2 Å². The first-order valence-electron chi connectivity index (χ1n) is 3.80. The summed E-state index contributed by atoms with van der Waals surface area (Å²) in [5.74, 6) is 0.423. The second-order valence-electron chi connectivity index (χ2n) is 2.90. The molecule has 0 spiro atoms. The summed E-state index contributed by atoms with van der Waals surface area (Å²) in [6.45, 7) is 3.98. The molecule has 1 aromatic heterocycles. The van der Waals surface area contributed by atoms with Gasteiger partial charge in [-0.3, -0.25) is 4.98 Å². The number of nitrogens with zero attached hydrogens (tertiary/aromatic N) is 1. The van der Waals surface area contributed by atoms with Gasteiger partial charge in [0.2, 0.25) is 0 Å². The number of fused-ring (bicyclic) bond motifs is 1. The van der Waals surface area contributed by atoms with Gasteiger partial charge in [-0.15, -0.1) is 0 Å². The maximum absolute atomic E-state index is 4.07. The molecule has 1 nitrogen and oxygen atoms in total. The zero-order chi connectivity index (χ0) is 7.68. The molecule has 1 atom stereocenters. The third kappa shape index (κ3) is 1.18. The summed E-state index contributed by atoms with van der Waals surface area (Å²) >= 11 is 0. The van der Waals surface area contributed by atoms with E-state index in [-0.39, 0.29) is 0 Å². The van der Waals surface area contributed by atoms with Crippen molar-refractivity contribution in [1.29, 1.82) is 0 Å². The fourth-order valence-corrected chi connectivity index (χ4v) is 1.36. The van der Waals surface area contributed by atoms with Gasteiger partial charge >= 0.3 is 0 Å². The Hall–Kier alpha value is -1.11. The predicted octanol–water partition coefficient (Wildman–Crippen LogP) is 2.10. The van der Waals surface area contributed by atoms with E-state index in [0.717, 1.165) is 6.42 Å². The highest BCUT2D eigenvalue weighted by molar-refractivity contribution is 5.55. The number of hydrogen-bond acceptors (Lipinski definition) is 1. The van der Waals surface area contributed by atoms with E-state index >= 15 is 0 Å². The van der Waals surface area contributed by atoms with Crippen LogP contribution in [0, 0.1) is 12.8 Å². The van der Waals surface area contributed by atoms with Gasteiger partial charge in [0, 0.05) is 12.4 Å². The fraction of sp³-hybridized carbons (Fsp3) is 0.200. The van der Waals surface area contributed by atoms with Crippen molar-refractivity contribution in [2.24, 2.45) is 5.92 Å². The van der Waals surface area contributed by atoms with Crippen LogP contribution in [0.25, 0.3) is 6.08 Å². The second kappa shape index (κ2) is 2.50. The summed E-state index contributed by atoms with van der Waals surface area (Å²) in [6, 6.07) is 2.04. The first-order valence-corrected chi connectivity index (χ1v) is 3.80. The quantitative estimate of drug-likeness (QED) is 0.543. The molecule has 0 aromatic carbocycles.